The number of hydrogen-bond acceptors (Lipinski definition) is 6. The highest BCUT2D eigenvalue weighted by Crippen LogP contribution is 2.75. The van der Waals surface area contributed by atoms with Gasteiger partial charge < -0.3 is 19.7 Å². The molecule has 0 aromatic rings. The maximum atomic E-state index is 13.4. The van der Waals surface area contributed by atoms with Crippen LogP contribution < -0.4 is 0 Å². The van der Waals surface area contributed by atoms with E-state index in [1.165, 1.54) is 0 Å². The van der Waals surface area contributed by atoms with Gasteiger partial charge >= 0.3 is 5.97 Å². The Morgan fingerprint density at radius 1 is 0.912 bits per heavy atom. The number of fused-ring (bicyclic) bond motifs is 6. The molecule has 2 bridgehead atoms. The number of epoxide rings is 1. The van der Waals surface area contributed by atoms with Crippen molar-refractivity contribution in [1.82, 2.24) is 0 Å². The molecule has 0 radical (unpaired) electrons. The van der Waals surface area contributed by atoms with Crippen molar-refractivity contribution in [1.29, 1.82) is 0 Å². The summed E-state index contributed by atoms with van der Waals surface area (Å²) in [5.41, 5.74) is -3.91. The first kappa shape index (κ1) is 22.2. The maximum absolute atomic E-state index is 13.4. The van der Waals surface area contributed by atoms with E-state index in [-0.39, 0.29) is 34.6 Å². The van der Waals surface area contributed by atoms with E-state index in [0.717, 1.165) is 38.5 Å². The van der Waals surface area contributed by atoms with Gasteiger partial charge in [0.25, 0.3) is 0 Å². The summed E-state index contributed by atoms with van der Waals surface area (Å²) in [6, 6.07) is 0. The smallest absolute Gasteiger partial charge is 0.338 e. The number of aliphatic hydroxyl groups is 2. The third-order valence-corrected chi connectivity index (χ3v) is 13.3. The van der Waals surface area contributed by atoms with Gasteiger partial charge in [-0.3, -0.25) is 4.79 Å². The van der Waals surface area contributed by atoms with Crippen LogP contribution >= 0.6 is 0 Å². The third-order valence-electron chi connectivity index (χ3n) is 13.3. The monoisotopic (exact) mass is 472 g/mol. The Labute approximate surface area is 202 Å². The number of carbonyl (C=O) groups excluding carboxylic acids is 2. The predicted molar refractivity (Wildman–Crippen MR) is 123 cm³/mol. The summed E-state index contributed by atoms with van der Waals surface area (Å²) in [7, 11) is 0. The van der Waals surface area contributed by atoms with Crippen molar-refractivity contribution >= 4 is 11.8 Å². The quantitative estimate of drug-likeness (QED) is 0.448. The molecule has 5 saturated carbocycles. The number of ether oxygens (including phenoxy) is 2. The first-order valence-electron chi connectivity index (χ1n) is 13.7. The van der Waals surface area contributed by atoms with Gasteiger partial charge in [-0.25, -0.2) is 4.79 Å². The second-order valence-corrected chi connectivity index (χ2v) is 14.1. The van der Waals surface area contributed by atoms with E-state index in [1.54, 1.807) is 6.92 Å². The largest absolute Gasteiger partial charge is 0.460 e. The molecular formula is C28H40O6. The highest BCUT2D eigenvalue weighted by atomic mass is 16.6. The Hall–Kier alpha value is -0.980. The summed E-state index contributed by atoms with van der Waals surface area (Å²) in [6.07, 6.45) is 8.23. The SMILES string of the molecule is CC12CC(OC(=O)C1(C)O)C(C1(O)CCC3C4CC5OC56CCCC(=O)C6(C)C4CCC31C)C2. The molecule has 2 saturated heterocycles. The van der Waals surface area contributed by atoms with Crippen LogP contribution in [0.25, 0.3) is 0 Å². The number of Topliss-reactive ketones (excluding diaryl/α,β-unsaturated/α-hetero) is 1. The van der Waals surface area contributed by atoms with Gasteiger partial charge in [0.15, 0.2) is 5.60 Å². The van der Waals surface area contributed by atoms with Crippen LogP contribution in [0.4, 0.5) is 0 Å². The molecule has 7 fully saturated rings. The fraction of sp³-hybridized carbons (Fsp3) is 0.929. The van der Waals surface area contributed by atoms with E-state index >= 15 is 0 Å². The maximum Gasteiger partial charge on any atom is 0.338 e. The number of esters is 1. The number of ketones is 1. The average Bonchev–Trinajstić information content (AvgIpc) is 3.27. The predicted octanol–water partition coefficient (Wildman–Crippen LogP) is 3.55. The Kier molecular flexibility index (Phi) is 3.99. The molecule has 5 aliphatic carbocycles. The van der Waals surface area contributed by atoms with E-state index < -0.39 is 22.6 Å². The van der Waals surface area contributed by atoms with E-state index in [2.05, 4.69) is 13.8 Å². The molecule has 7 aliphatic rings. The normalized spacial score (nSPS) is 63.9. The minimum Gasteiger partial charge on any atom is -0.460 e. The first-order valence-corrected chi connectivity index (χ1v) is 13.7. The summed E-state index contributed by atoms with van der Waals surface area (Å²) < 4.78 is 12.2. The van der Waals surface area contributed by atoms with Crippen molar-refractivity contribution in [2.24, 2.45) is 39.9 Å². The molecular weight excluding hydrogens is 432 g/mol. The molecule has 2 N–H and O–H groups in total. The molecule has 188 valence electrons. The molecule has 0 amide bonds. The van der Waals surface area contributed by atoms with Crippen LogP contribution in [0, 0.1) is 39.9 Å². The summed E-state index contributed by atoms with van der Waals surface area (Å²) in [4.78, 5) is 26.0. The highest BCUT2D eigenvalue weighted by Gasteiger charge is 2.79. The molecule has 2 aliphatic heterocycles. The lowest BCUT2D eigenvalue weighted by molar-refractivity contribution is -0.201. The fourth-order valence-electron chi connectivity index (χ4n) is 10.9. The van der Waals surface area contributed by atoms with Crippen LogP contribution in [-0.2, 0) is 19.1 Å². The van der Waals surface area contributed by atoms with Crippen LogP contribution in [0.1, 0.15) is 91.9 Å². The molecule has 0 aromatic carbocycles. The van der Waals surface area contributed by atoms with Gasteiger partial charge in [0.05, 0.1) is 17.1 Å². The van der Waals surface area contributed by atoms with Crippen molar-refractivity contribution in [2.45, 2.75) is 121 Å². The summed E-state index contributed by atoms with van der Waals surface area (Å²) in [5.74, 6) is 0.766. The lowest BCUT2D eigenvalue weighted by atomic mass is 9.43. The first-order chi connectivity index (χ1) is 15.8. The minimum atomic E-state index is -1.52. The second kappa shape index (κ2) is 6.11. The second-order valence-electron chi connectivity index (χ2n) is 14.1. The third kappa shape index (κ3) is 2.15. The van der Waals surface area contributed by atoms with Crippen LogP contribution in [0.3, 0.4) is 0 Å². The molecule has 34 heavy (non-hydrogen) atoms. The van der Waals surface area contributed by atoms with E-state index in [1.807, 2.05) is 6.92 Å². The van der Waals surface area contributed by atoms with E-state index in [4.69, 9.17) is 9.47 Å². The zero-order chi connectivity index (χ0) is 24.1. The molecule has 7 rings (SSSR count). The molecule has 6 heteroatoms. The standard InChI is InChI=1S/C28H40O6/c1-23-13-18(19(14-23)33-22(30)26(23,4)31)27(32)11-8-16-15-12-21-28(34-21)9-5-6-20(29)25(28,3)17(15)7-10-24(16,27)2/h15-19,21,31-32H,5-14H2,1-4H3. The van der Waals surface area contributed by atoms with E-state index in [0.29, 0.717) is 49.2 Å². The summed E-state index contributed by atoms with van der Waals surface area (Å²) in [5, 5.41) is 23.5. The van der Waals surface area contributed by atoms with Crippen LogP contribution in [0.5, 0.6) is 0 Å². The van der Waals surface area contributed by atoms with Crippen molar-refractivity contribution in [3.8, 4) is 0 Å². The Morgan fingerprint density at radius 3 is 2.41 bits per heavy atom. The van der Waals surface area contributed by atoms with Crippen molar-refractivity contribution in [3.05, 3.63) is 0 Å². The summed E-state index contributed by atoms with van der Waals surface area (Å²) >= 11 is 0. The molecule has 2 heterocycles. The van der Waals surface area contributed by atoms with Gasteiger partial charge in [-0.15, -0.1) is 0 Å². The molecule has 1 spiro atoms. The number of hydrogen-bond donors (Lipinski definition) is 2. The van der Waals surface area contributed by atoms with Gasteiger partial charge in [0, 0.05) is 17.8 Å². The van der Waals surface area contributed by atoms with Gasteiger partial charge in [-0.05, 0) is 94.8 Å². The molecule has 6 nitrogen and oxygen atoms in total. The average molecular weight is 473 g/mol. The van der Waals surface area contributed by atoms with Crippen LogP contribution in [-0.4, -0.2) is 51.0 Å². The van der Waals surface area contributed by atoms with Gasteiger partial charge in [-0.2, -0.15) is 0 Å². The lowest BCUT2D eigenvalue weighted by Gasteiger charge is -2.59. The zero-order valence-electron chi connectivity index (χ0n) is 21.1. The van der Waals surface area contributed by atoms with Crippen LogP contribution in [0.15, 0.2) is 0 Å². The van der Waals surface area contributed by atoms with Crippen molar-refractivity contribution < 1.29 is 29.3 Å². The molecule has 0 aromatic heterocycles. The fourth-order valence-corrected chi connectivity index (χ4v) is 10.9. The summed E-state index contributed by atoms with van der Waals surface area (Å²) in [6.45, 7) is 8.04. The van der Waals surface area contributed by atoms with Gasteiger partial charge in [-0.1, -0.05) is 13.8 Å². The number of carbonyl (C=O) groups is 2. The van der Waals surface area contributed by atoms with Crippen molar-refractivity contribution in [3.63, 3.8) is 0 Å². The Bertz CT molecular complexity index is 991. The Balaban J connectivity index is 1.23. The molecule has 12 unspecified atom stereocenters. The van der Waals surface area contributed by atoms with Gasteiger partial charge in [0.1, 0.15) is 17.5 Å². The topological polar surface area (TPSA) is 96.4 Å². The Morgan fingerprint density at radius 2 is 1.65 bits per heavy atom. The lowest BCUT2D eigenvalue weighted by Crippen LogP contribution is -2.63. The number of rotatable bonds is 1. The van der Waals surface area contributed by atoms with Crippen LogP contribution in [0.2, 0.25) is 0 Å². The molecule has 12 atom stereocenters. The zero-order valence-corrected chi connectivity index (χ0v) is 21.1. The van der Waals surface area contributed by atoms with E-state index in [9.17, 15) is 19.8 Å². The van der Waals surface area contributed by atoms with Gasteiger partial charge in [0.2, 0.25) is 0 Å². The highest BCUT2D eigenvalue weighted by molar-refractivity contribution is 5.88. The minimum absolute atomic E-state index is 0.159. The van der Waals surface area contributed by atoms with Crippen molar-refractivity contribution in [2.75, 3.05) is 0 Å².